The molecule has 0 saturated carbocycles. The first-order valence-corrected chi connectivity index (χ1v) is 16.3. The van der Waals surface area contributed by atoms with E-state index in [0.717, 1.165) is 29.4 Å². The number of nitrogens with zero attached hydrogens (tertiary/aromatic N) is 6. The molecule has 0 heterocycles. The van der Waals surface area contributed by atoms with Gasteiger partial charge in [-0.15, -0.1) is 0 Å². The maximum Gasteiger partial charge on any atom is 6.00 e. The molecule has 30 nitrogen and oxygen atoms in total. The van der Waals surface area contributed by atoms with Crippen molar-refractivity contribution in [1.82, 2.24) is 29.4 Å². The van der Waals surface area contributed by atoms with Gasteiger partial charge in [-0.05, 0) is 0 Å². The average Bonchev–Trinajstić information content (AvgIpc) is 3.02. The summed E-state index contributed by atoms with van der Waals surface area (Å²) in [5.41, 5.74) is 0. The normalized spacial score (nSPS) is 10.4. The molecular formula is C30H36Mo2N6O24. The van der Waals surface area contributed by atoms with Crippen molar-refractivity contribution < 1.29 is 161 Å². The zero-order valence-corrected chi connectivity index (χ0v) is 36.0. The third kappa shape index (κ3) is 47.5. The molecule has 0 aromatic heterocycles. The molecule has 0 N–H and O–H groups in total. The SMILES string of the molecule is O=C([O-])CN(CCN(CC(=O)[O-])CC(=O)[O-])CC(=O)[O-].O=C([O-])CN(CCN(CC(=O)[O-])CC(=O)[O-])CC(=O)[O-].O=C([O-])CN(CCN(CC(=O)[O-])CC(=O)[O-])CC(=O)[O-].[Mo+6].[Mo+6]. The van der Waals surface area contributed by atoms with E-state index in [-0.39, 0.29) is 81.4 Å². The van der Waals surface area contributed by atoms with Gasteiger partial charge in [0.2, 0.25) is 0 Å². The molecule has 32 heteroatoms. The van der Waals surface area contributed by atoms with Crippen LogP contribution in [0.2, 0.25) is 0 Å². The van der Waals surface area contributed by atoms with E-state index in [4.69, 9.17) is 0 Å². The number of carbonyl (C=O) groups is 12. The fourth-order valence-electron chi connectivity index (χ4n) is 4.32. The largest absolute Gasteiger partial charge is 6.00 e. The number of carbonyl (C=O) groups excluding carboxylic acids is 12. The zero-order chi connectivity index (χ0) is 47.1. The van der Waals surface area contributed by atoms with E-state index in [1.54, 1.807) is 0 Å². The molecule has 0 unspecified atom stereocenters. The van der Waals surface area contributed by atoms with Crippen LogP contribution in [0.15, 0.2) is 0 Å². The summed E-state index contributed by atoms with van der Waals surface area (Å²) in [5.74, 6) is -18.4. The van der Waals surface area contributed by atoms with Gasteiger partial charge in [-0.3, -0.25) is 29.4 Å². The molecule has 0 aliphatic carbocycles. The Balaban J connectivity index is -0.000000258. The Morgan fingerprint density at radius 1 is 0.194 bits per heavy atom. The van der Waals surface area contributed by atoms with E-state index in [1.165, 1.54) is 0 Å². The Bertz CT molecular complexity index is 1130. The summed E-state index contributed by atoms with van der Waals surface area (Å²) >= 11 is 0. The topological polar surface area (TPSA) is 501 Å². The van der Waals surface area contributed by atoms with Crippen molar-refractivity contribution in [2.75, 3.05) is 118 Å². The Hall–Kier alpha value is -5.22. The van der Waals surface area contributed by atoms with Gasteiger partial charge in [0.05, 0.1) is 71.6 Å². The maximum atomic E-state index is 10.4. The molecular weight excluding hydrogens is 1020 g/mol. The van der Waals surface area contributed by atoms with Gasteiger partial charge < -0.3 is 119 Å². The molecule has 0 aromatic rings. The predicted molar refractivity (Wildman–Crippen MR) is 159 cm³/mol. The molecule has 0 aliphatic heterocycles. The first-order valence-electron chi connectivity index (χ1n) is 16.3. The van der Waals surface area contributed by atoms with Gasteiger partial charge in [-0.25, -0.2) is 0 Å². The van der Waals surface area contributed by atoms with Crippen molar-refractivity contribution in [1.29, 1.82) is 0 Å². The third-order valence-electron chi connectivity index (χ3n) is 6.43. The Labute approximate surface area is 378 Å². The van der Waals surface area contributed by atoms with Crippen LogP contribution in [0.5, 0.6) is 0 Å². The van der Waals surface area contributed by atoms with E-state index in [1.807, 2.05) is 0 Å². The molecule has 0 rings (SSSR count). The smallest absolute Gasteiger partial charge is 0.549 e. The fraction of sp³-hybridized carbons (Fsp3) is 0.600. The zero-order valence-electron chi connectivity index (χ0n) is 32.0. The molecule has 342 valence electrons. The molecule has 0 saturated heterocycles. The molecule has 0 amide bonds. The van der Waals surface area contributed by atoms with Gasteiger partial charge in [0.1, 0.15) is 0 Å². The van der Waals surface area contributed by atoms with Crippen LogP contribution in [-0.4, -0.2) is 219 Å². The number of hydrogen-bond acceptors (Lipinski definition) is 30. The summed E-state index contributed by atoms with van der Waals surface area (Å²) in [4.78, 5) is 130. The van der Waals surface area contributed by atoms with Gasteiger partial charge in [-0.2, -0.15) is 0 Å². The third-order valence-corrected chi connectivity index (χ3v) is 6.43. The van der Waals surface area contributed by atoms with Gasteiger partial charge in [-0.1, -0.05) is 0 Å². The van der Waals surface area contributed by atoms with Crippen molar-refractivity contribution in [3.8, 4) is 0 Å². The molecule has 0 radical (unpaired) electrons. The number of carboxylic acid groups (broad SMARTS) is 12. The van der Waals surface area contributed by atoms with Crippen LogP contribution < -0.4 is 61.3 Å². The monoisotopic (exact) mass is 1060 g/mol. The van der Waals surface area contributed by atoms with E-state index < -0.39 is 150 Å². The van der Waals surface area contributed by atoms with Crippen LogP contribution in [0.25, 0.3) is 0 Å². The Morgan fingerprint density at radius 2 is 0.258 bits per heavy atom. The molecule has 0 atom stereocenters. The first-order chi connectivity index (χ1) is 27.6. The summed E-state index contributed by atoms with van der Waals surface area (Å²) in [6, 6.07) is 0. The first kappa shape index (κ1) is 65.9. The minimum absolute atomic E-state index is 0. The number of carboxylic acids is 12. The van der Waals surface area contributed by atoms with Crippen LogP contribution >= 0.6 is 0 Å². The number of rotatable bonds is 33. The summed E-state index contributed by atoms with van der Waals surface area (Å²) < 4.78 is 0. The quantitative estimate of drug-likeness (QED) is 0.0551. The van der Waals surface area contributed by atoms with Crippen molar-refractivity contribution in [3.63, 3.8) is 0 Å². The minimum atomic E-state index is -1.53. The minimum Gasteiger partial charge on any atom is -0.549 e. The number of aliphatic carboxylic acids is 12. The summed E-state index contributed by atoms with van der Waals surface area (Å²) in [7, 11) is 0. The van der Waals surface area contributed by atoms with Crippen LogP contribution in [0.1, 0.15) is 0 Å². The van der Waals surface area contributed by atoms with Crippen molar-refractivity contribution >= 4 is 71.6 Å². The summed E-state index contributed by atoms with van der Waals surface area (Å²) in [6.07, 6.45) is 0. The molecule has 0 fully saturated rings. The second-order valence-corrected chi connectivity index (χ2v) is 11.7. The maximum absolute atomic E-state index is 10.4. The van der Waals surface area contributed by atoms with Crippen LogP contribution in [0.4, 0.5) is 0 Å². The average molecular weight is 1060 g/mol. The summed E-state index contributed by atoms with van der Waals surface area (Å²) in [6.45, 7) is -9.75. The Morgan fingerprint density at radius 3 is 0.306 bits per heavy atom. The van der Waals surface area contributed by atoms with Gasteiger partial charge in [0.15, 0.2) is 0 Å². The second-order valence-electron chi connectivity index (χ2n) is 11.7. The summed E-state index contributed by atoms with van der Waals surface area (Å²) in [5, 5.41) is 125. The number of hydrogen-bond donors (Lipinski definition) is 0. The molecule has 0 aliphatic rings. The Kier molecular flexibility index (Phi) is 39.9. The van der Waals surface area contributed by atoms with Gasteiger partial charge in [0.25, 0.3) is 0 Å². The predicted octanol–water partition coefficient (Wildman–Crippen LogP) is -22.2. The molecule has 0 aromatic carbocycles. The van der Waals surface area contributed by atoms with E-state index in [0.29, 0.717) is 0 Å². The van der Waals surface area contributed by atoms with Crippen LogP contribution in [-0.2, 0) is 99.7 Å². The molecule has 62 heavy (non-hydrogen) atoms. The van der Waals surface area contributed by atoms with Crippen LogP contribution in [0.3, 0.4) is 0 Å². The van der Waals surface area contributed by atoms with Gasteiger partial charge >= 0.3 is 42.1 Å². The van der Waals surface area contributed by atoms with E-state index >= 15 is 0 Å². The second kappa shape index (κ2) is 37.5. The van der Waals surface area contributed by atoms with Crippen molar-refractivity contribution in [2.24, 2.45) is 0 Å². The van der Waals surface area contributed by atoms with Crippen molar-refractivity contribution in [2.45, 2.75) is 0 Å². The van der Waals surface area contributed by atoms with E-state index in [9.17, 15) is 119 Å². The fourth-order valence-corrected chi connectivity index (χ4v) is 4.32. The standard InChI is InChI=1S/3C10H16N2O8.2Mo/c3*13-7(14)3-11(4-8(15)16)1-2-12(5-9(17)18)6-10(19)20;;/h3*1-6H2,(H,13,14)(H,15,16)(H,17,18)(H,19,20);;/q;;;2*+6/p-12. The van der Waals surface area contributed by atoms with Gasteiger partial charge in [0, 0.05) is 118 Å². The van der Waals surface area contributed by atoms with E-state index in [2.05, 4.69) is 0 Å². The molecule has 0 bridgehead atoms. The van der Waals surface area contributed by atoms with Crippen LogP contribution in [0, 0.1) is 0 Å². The van der Waals surface area contributed by atoms with Crippen molar-refractivity contribution in [3.05, 3.63) is 0 Å². The molecule has 0 spiro atoms.